The molecule has 236 valence electrons. The van der Waals surface area contributed by atoms with Gasteiger partial charge in [0.2, 0.25) is 28.0 Å². The van der Waals surface area contributed by atoms with Gasteiger partial charge in [-0.05, 0) is 67.1 Å². The molecule has 5 N–H and O–H groups in total. The summed E-state index contributed by atoms with van der Waals surface area (Å²) in [6.07, 6.45) is -5.64. The van der Waals surface area contributed by atoms with Crippen LogP contribution in [0.2, 0.25) is 5.02 Å². The molecule has 0 amide bonds. The van der Waals surface area contributed by atoms with Crippen molar-refractivity contribution in [1.82, 2.24) is 20.0 Å². The van der Waals surface area contributed by atoms with Crippen molar-refractivity contribution in [1.29, 1.82) is 0 Å². The van der Waals surface area contributed by atoms with Gasteiger partial charge in [0.15, 0.2) is 0 Å². The Balaban J connectivity index is 1.44. The lowest BCUT2D eigenvalue weighted by molar-refractivity contribution is -0.198. The van der Waals surface area contributed by atoms with Crippen LogP contribution in [0.5, 0.6) is 5.88 Å². The van der Waals surface area contributed by atoms with Gasteiger partial charge in [-0.25, -0.2) is 13.1 Å². The van der Waals surface area contributed by atoms with E-state index < -0.39 is 40.2 Å². The van der Waals surface area contributed by atoms with E-state index in [4.69, 9.17) is 22.1 Å². The first-order valence-electron chi connectivity index (χ1n) is 13.6. The van der Waals surface area contributed by atoms with Crippen molar-refractivity contribution in [3.63, 3.8) is 0 Å². The molecule has 3 aromatic rings. The smallest absolute Gasteiger partial charge is 0.429 e. The van der Waals surface area contributed by atoms with Gasteiger partial charge in [-0.1, -0.05) is 29.8 Å². The minimum absolute atomic E-state index is 0.0152. The zero-order valence-corrected chi connectivity index (χ0v) is 25.0. The quantitative estimate of drug-likeness (QED) is 0.280. The molecule has 2 aromatic carbocycles. The molecule has 2 aliphatic rings. The van der Waals surface area contributed by atoms with Gasteiger partial charge >= 0.3 is 12.1 Å². The van der Waals surface area contributed by atoms with Crippen LogP contribution in [-0.2, 0) is 14.8 Å². The van der Waals surface area contributed by atoms with Gasteiger partial charge in [-0.2, -0.15) is 23.1 Å². The maximum atomic E-state index is 14.6. The highest BCUT2D eigenvalue weighted by Crippen LogP contribution is 2.43. The van der Waals surface area contributed by atoms with Crippen LogP contribution in [0.1, 0.15) is 30.9 Å². The fraction of sp³-hybridized carbons (Fsp3) is 0.393. The molecule has 44 heavy (non-hydrogen) atoms. The number of hydrogen-bond donors (Lipinski definition) is 4. The Kier molecular flexibility index (Phi) is 8.68. The first kappa shape index (κ1) is 31.8. The second-order valence-corrected chi connectivity index (χ2v) is 13.2. The standard InChI is InChI=1S/C28H30ClF3N6O5S/c1-34-44(41,42)18-4-2-3-16(11-18)20-12-17(29)5-6-19(20)24(28(30,31)32)43-23-13-22(36-26(33)37-23)38-9-7-27(8-10-38)14-21(25(39)40)35-15-27/h2-6,11-13,21,24,34-35H,7-10,14-15H2,1H3,(H,39,40)(H2,33,36,37)/t21-,24+/m0/s1. The van der Waals surface area contributed by atoms with Crippen molar-refractivity contribution in [3.8, 4) is 17.0 Å². The third-order valence-electron chi connectivity index (χ3n) is 8.07. The van der Waals surface area contributed by atoms with Crippen LogP contribution < -0.4 is 25.4 Å². The zero-order valence-electron chi connectivity index (χ0n) is 23.4. The molecule has 1 spiro atoms. The molecular weight excluding hydrogens is 625 g/mol. The third kappa shape index (κ3) is 6.70. The second kappa shape index (κ2) is 12.0. The molecule has 11 nitrogen and oxygen atoms in total. The van der Waals surface area contributed by atoms with Gasteiger partial charge in [-0.3, -0.25) is 4.79 Å². The summed E-state index contributed by atoms with van der Waals surface area (Å²) in [5.74, 6) is -1.30. The van der Waals surface area contributed by atoms with Crippen LogP contribution in [0.25, 0.3) is 11.1 Å². The lowest BCUT2D eigenvalue weighted by Gasteiger charge is -2.39. The summed E-state index contributed by atoms with van der Waals surface area (Å²) in [7, 11) is -2.66. The average Bonchev–Trinajstić information content (AvgIpc) is 3.39. The molecule has 16 heteroatoms. The molecule has 0 saturated carbocycles. The topological polar surface area (TPSA) is 160 Å². The fourth-order valence-electron chi connectivity index (χ4n) is 5.72. The molecule has 3 heterocycles. The highest BCUT2D eigenvalue weighted by Gasteiger charge is 2.46. The normalized spacial score (nSPS) is 19.2. The molecule has 2 aliphatic heterocycles. The second-order valence-electron chi connectivity index (χ2n) is 10.9. The summed E-state index contributed by atoms with van der Waals surface area (Å²) >= 11 is 6.17. The number of alkyl halides is 3. The number of ether oxygens (including phenoxy) is 1. The number of carbonyl (C=O) groups is 1. The van der Waals surface area contributed by atoms with E-state index in [9.17, 15) is 31.5 Å². The van der Waals surface area contributed by atoms with Crippen LogP contribution in [-0.4, -0.2) is 68.4 Å². The van der Waals surface area contributed by atoms with E-state index in [1.165, 1.54) is 55.6 Å². The number of aliphatic carboxylic acids is 1. The summed E-state index contributed by atoms with van der Waals surface area (Å²) < 4.78 is 76.3. The van der Waals surface area contributed by atoms with E-state index in [1.54, 1.807) is 0 Å². The van der Waals surface area contributed by atoms with Crippen LogP contribution in [0.15, 0.2) is 53.4 Å². The number of anilines is 2. The van der Waals surface area contributed by atoms with Crippen LogP contribution >= 0.6 is 11.6 Å². The van der Waals surface area contributed by atoms with E-state index in [-0.39, 0.29) is 43.8 Å². The van der Waals surface area contributed by atoms with Crippen molar-refractivity contribution in [2.45, 2.75) is 42.5 Å². The number of nitrogens with zero attached hydrogens (tertiary/aromatic N) is 3. The number of aromatic nitrogens is 2. The number of hydrogen-bond acceptors (Lipinski definition) is 9. The molecule has 2 fully saturated rings. The maximum absolute atomic E-state index is 14.6. The van der Waals surface area contributed by atoms with E-state index in [1.807, 2.05) is 4.90 Å². The number of sulfonamides is 1. The molecule has 0 unspecified atom stereocenters. The molecule has 2 saturated heterocycles. The first-order valence-corrected chi connectivity index (χ1v) is 15.5. The van der Waals surface area contributed by atoms with Crippen LogP contribution in [0.4, 0.5) is 24.9 Å². The van der Waals surface area contributed by atoms with E-state index in [0.717, 1.165) is 0 Å². The Bertz CT molecular complexity index is 1670. The minimum atomic E-state index is -4.93. The number of piperidine rings is 1. The summed E-state index contributed by atoms with van der Waals surface area (Å²) in [5, 5.41) is 12.5. The van der Waals surface area contributed by atoms with E-state index >= 15 is 0 Å². The lowest BCUT2D eigenvalue weighted by Crippen LogP contribution is -2.41. The highest BCUT2D eigenvalue weighted by molar-refractivity contribution is 7.89. The zero-order chi connectivity index (χ0) is 31.9. The fourth-order valence-corrected chi connectivity index (χ4v) is 6.67. The van der Waals surface area contributed by atoms with Gasteiger partial charge < -0.3 is 25.8 Å². The Labute approximate surface area is 256 Å². The monoisotopic (exact) mass is 654 g/mol. The Morgan fingerprint density at radius 2 is 1.93 bits per heavy atom. The van der Waals surface area contributed by atoms with Gasteiger partial charge in [0.05, 0.1) is 4.90 Å². The van der Waals surface area contributed by atoms with Crippen molar-refractivity contribution < 1.29 is 36.2 Å². The average molecular weight is 655 g/mol. The number of nitrogen functional groups attached to an aromatic ring is 1. The highest BCUT2D eigenvalue weighted by atomic mass is 35.5. The predicted molar refractivity (Wildman–Crippen MR) is 157 cm³/mol. The molecule has 0 bridgehead atoms. The molecule has 5 rings (SSSR count). The van der Waals surface area contributed by atoms with Gasteiger partial charge in [-0.15, -0.1) is 0 Å². The summed E-state index contributed by atoms with van der Waals surface area (Å²) in [4.78, 5) is 21.2. The third-order valence-corrected chi connectivity index (χ3v) is 9.72. The number of nitrogens with two attached hydrogens (primary N) is 1. The van der Waals surface area contributed by atoms with Crippen molar-refractivity contribution in [2.75, 3.05) is 37.3 Å². The van der Waals surface area contributed by atoms with Crippen LogP contribution in [0, 0.1) is 5.41 Å². The van der Waals surface area contributed by atoms with E-state index in [0.29, 0.717) is 38.9 Å². The van der Waals surface area contributed by atoms with Gasteiger partial charge in [0, 0.05) is 36.3 Å². The van der Waals surface area contributed by atoms with Crippen LogP contribution in [0.3, 0.4) is 0 Å². The summed E-state index contributed by atoms with van der Waals surface area (Å²) in [6, 6.07) is 9.89. The minimum Gasteiger partial charge on any atom is -0.480 e. The summed E-state index contributed by atoms with van der Waals surface area (Å²) in [6.45, 7) is 1.54. The number of rotatable bonds is 8. The molecule has 2 atom stereocenters. The Morgan fingerprint density at radius 1 is 1.20 bits per heavy atom. The van der Waals surface area contributed by atoms with Crippen molar-refractivity contribution in [3.05, 3.63) is 59.1 Å². The largest absolute Gasteiger partial charge is 0.480 e. The maximum Gasteiger partial charge on any atom is 0.429 e. The first-order chi connectivity index (χ1) is 20.7. The number of carboxylic acids is 1. The number of carboxylic acid groups (broad SMARTS) is 1. The van der Waals surface area contributed by atoms with Crippen molar-refractivity contribution >= 4 is 39.4 Å². The van der Waals surface area contributed by atoms with Crippen molar-refractivity contribution in [2.24, 2.45) is 5.41 Å². The van der Waals surface area contributed by atoms with E-state index in [2.05, 4.69) is 20.0 Å². The number of nitrogens with one attached hydrogen (secondary N) is 2. The Hall–Kier alpha value is -3.66. The predicted octanol–water partition coefficient (Wildman–Crippen LogP) is 4.00. The SMILES string of the molecule is CNS(=O)(=O)c1cccc(-c2cc(Cl)ccc2[C@@H](Oc2cc(N3CCC4(CC3)CN[C@H](C(=O)O)C4)nc(N)n2)C(F)(F)F)c1. The van der Waals surface area contributed by atoms with Gasteiger partial charge in [0.1, 0.15) is 11.9 Å². The number of benzene rings is 2. The van der Waals surface area contributed by atoms with Gasteiger partial charge in [0.25, 0.3) is 0 Å². The molecule has 1 aromatic heterocycles. The number of halogens is 4. The summed E-state index contributed by atoms with van der Waals surface area (Å²) in [5.41, 5.74) is 5.59. The molecule has 0 aliphatic carbocycles. The molecule has 0 radical (unpaired) electrons. The Morgan fingerprint density at radius 3 is 2.57 bits per heavy atom. The molecular formula is C28H30ClF3N6O5S. The lowest BCUT2D eigenvalue weighted by atomic mass is 9.76.